The number of hydrogen-bond donors (Lipinski definition) is 0. The first-order valence-corrected chi connectivity index (χ1v) is 2.41. The number of pyridine rings is 1. The first kappa shape index (κ1) is 8.81. The van der Waals surface area contributed by atoms with E-state index in [0.717, 1.165) is 0 Å². The number of nitrogens with zero attached hydrogens (tertiary/aromatic N) is 1. The van der Waals surface area contributed by atoms with Crippen LogP contribution in [0.5, 0.6) is 0 Å². The van der Waals surface area contributed by atoms with Crippen molar-refractivity contribution in [2.24, 2.45) is 7.05 Å². The van der Waals surface area contributed by atoms with E-state index in [2.05, 4.69) is 0 Å². The Kier molecular flexibility index (Phi) is 3.68. The molecule has 0 saturated heterocycles. The number of hydrogen-bond acceptors (Lipinski definition) is 0. The highest BCUT2D eigenvalue weighted by Crippen LogP contribution is 1.83. The second-order valence-corrected chi connectivity index (χ2v) is 1.63. The molecule has 0 bridgehead atoms. The van der Waals surface area contributed by atoms with Crippen molar-refractivity contribution in [1.82, 2.24) is 0 Å². The smallest absolute Gasteiger partial charge is 0.359 e. The molecule has 1 rings (SSSR count). The van der Waals surface area contributed by atoms with E-state index in [1.54, 1.807) is 25.4 Å². The predicted molar refractivity (Wildman–Crippen MR) is 27.6 cm³/mol. The van der Waals surface area contributed by atoms with E-state index in [-0.39, 0.29) is 29.9 Å². The second kappa shape index (κ2) is 3.76. The third kappa shape index (κ3) is 2.26. The molecule has 9 heavy (non-hydrogen) atoms. The molecule has 0 radical (unpaired) electrons. The summed E-state index contributed by atoms with van der Waals surface area (Å²) < 4.78 is 13.7. The lowest BCUT2D eigenvalue weighted by molar-refractivity contribution is -0.700. The van der Waals surface area contributed by atoms with Crippen molar-refractivity contribution in [3.63, 3.8) is 0 Å². The van der Waals surface area contributed by atoms with Gasteiger partial charge in [-0.05, 0) is 6.07 Å². The van der Waals surface area contributed by atoms with Crippen molar-refractivity contribution in [2.75, 3.05) is 0 Å². The lowest BCUT2D eigenvalue weighted by Crippen LogP contribution is -3.00. The molecule has 0 saturated carbocycles. The van der Waals surface area contributed by atoms with Crippen molar-refractivity contribution in [3.05, 3.63) is 30.3 Å². The Bertz CT molecular complexity index is 169. The van der Waals surface area contributed by atoms with Crippen LogP contribution >= 0.6 is 0 Å². The fourth-order valence-corrected chi connectivity index (χ4v) is 0.503. The van der Waals surface area contributed by atoms with E-state index >= 15 is 0 Å². The van der Waals surface area contributed by atoms with Gasteiger partial charge in [0.2, 0.25) is 0 Å². The maximum absolute atomic E-state index is 12.3. The average molecular weight is 239 g/mol. The van der Waals surface area contributed by atoms with Gasteiger partial charge in [0.25, 0.3) is 0 Å². The van der Waals surface area contributed by atoms with Crippen LogP contribution in [0.4, 0.5) is 4.39 Å². The van der Waals surface area contributed by atoms with Gasteiger partial charge in [-0.25, -0.2) is 0 Å². The van der Waals surface area contributed by atoms with Gasteiger partial charge in [0.15, 0.2) is 6.20 Å². The van der Waals surface area contributed by atoms with E-state index in [0.29, 0.717) is 0 Å². The highest BCUT2D eigenvalue weighted by atomic mass is 127. The molecule has 0 spiro atoms. The van der Waals surface area contributed by atoms with Crippen LogP contribution in [-0.4, -0.2) is 0 Å². The first-order chi connectivity index (χ1) is 3.80. The molecule has 1 nitrogen and oxygen atoms in total. The minimum absolute atomic E-state index is 0. The summed E-state index contributed by atoms with van der Waals surface area (Å²) in [6.07, 6.45) is 1.66. The minimum Gasteiger partial charge on any atom is -1.00 e. The molecule has 0 N–H and O–H groups in total. The van der Waals surface area contributed by atoms with Gasteiger partial charge in [-0.3, -0.25) is 0 Å². The summed E-state index contributed by atoms with van der Waals surface area (Å²) in [5, 5.41) is 0. The number of aryl methyl sites for hydroxylation is 1. The van der Waals surface area contributed by atoms with E-state index in [1.165, 1.54) is 10.6 Å². The van der Waals surface area contributed by atoms with Gasteiger partial charge in [0.1, 0.15) is 7.05 Å². The zero-order valence-electron chi connectivity index (χ0n) is 5.01. The Morgan fingerprint density at radius 3 is 2.44 bits per heavy atom. The fraction of sp³-hybridized carbons (Fsp3) is 0.167. The van der Waals surface area contributed by atoms with Gasteiger partial charge in [-0.15, -0.1) is 4.39 Å². The van der Waals surface area contributed by atoms with Crippen LogP contribution < -0.4 is 28.5 Å². The average Bonchev–Trinajstić information content (AvgIpc) is 1.77. The highest BCUT2D eigenvalue weighted by molar-refractivity contribution is 4.85. The highest BCUT2D eigenvalue weighted by Gasteiger charge is 1.97. The molecule has 0 aliphatic heterocycles. The molecule has 0 amide bonds. The topological polar surface area (TPSA) is 3.88 Å². The van der Waals surface area contributed by atoms with Crippen LogP contribution in [0.25, 0.3) is 0 Å². The van der Waals surface area contributed by atoms with Gasteiger partial charge in [-0.1, -0.05) is 0 Å². The molecule has 1 aromatic heterocycles. The normalized spacial score (nSPS) is 8.22. The largest absolute Gasteiger partial charge is 1.00 e. The van der Waals surface area contributed by atoms with E-state index in [1.807, 2.05) is 0 Å². The molecule has 0 aromatic carbocycles. The van der Waals surface area contributed by atoms with Crippen molar-refractivity contribution in [2.45, 2.75) is 0 Å². The minimum atomic E-state index is -0.215. The molecule has 0 atom stereocenters. The second-order valence-electron chi connectivity index (χ2n) is 1.63. The van der Waals surface area contributed by atoms with Gasteiger partial charge in [-0.2, -0.15) is 4.57 Å². The summed E-state index contributed by atoms with van der Waals surface area (Å²) in [7, 11) is 1.66. The third-order valence-corrected chi connectivity index (χ3v) is 0.991. The monoisotopic (exact) mass is 239 g/mol. The summed E-state index contributed by atoms with van der Waals surface area (Å²) in [4.78, 5) is 0. The van der Waals surface area contributed by atoms with Gasteiger partial charge >= 0.3 is 5.95 Å². The van der Waals surface area contributed by atoms with Crippen LogP contribution in [0.2, 0.25) is 0 Å². The van der Waals surface area contributed by atoms with Crippen molar-refractivity contribution in [1.29, 1.82) is 0 Å². The quantitative estimate of drug-likeness (QED) is 0.271. The Hall–Kier alpha value is -0.190. The molecule has 50 valence electrons. The summed E-state index contributed by atoms with van der Waals surface area (Å²) >= 11 is 0. The van der Waals surface area contributed by atoms with Gasteiger partial charge < -0.3 is 24.0 Å². The molecule has 3 heteroatoms. The maximum Gasteiger partial charge on any atom is 0.359 e. The standard InChI is InChI=1S/C6H7FN.HI/c1-8-5-3-2-4-6(8)7;/h2-5H,1H3;1H/q+1;/p-1. The Labute approximate surface area is 70.5 Å². The maximum atomic E-state index is 12.3. The number of halogens is 2. The molecular formula is C6H7FIN. The molecule has 1 aromatic rings. The molecule has 0 aliphatic carbocycles. The van der Waals surface area contributed by atoms with E-state index < -0.39 is 0 Å². The molecule has 0 aliphatic rings. The molecule has 0 unspecified atom stereocenters. The van der Waals surface area contributed by atoms with Gasteiger partial charge in [0.05, 0.1) is 0 Å². The molecular weight excluding hydrogens is 232 g/mol. The van der Waals surface area contributed by atoms with Crippen molar-refractivity contribution < 1.29 is 32.9 Å². The summed E-state index contributed by atoms with van der Waals surface area (Å²) in [5.41, 5.74) is 0. The van der Waals surface area contributed by atoms with Gasteiger partial charge in [0, 0.05) is 12.1 Å². The van der Waals surface area contributed by atoms with Crippen molar-refractivity contribution >= 4 is 0 Å². The predicted octanol–water partition coefficient (Wildman–Crippen LogP) is -2.35. The Morgan fingerprint density at radius 2 is 2.11 bits per heavy atom. The van der Waals surface area contributed by atoms with Crippen LogP contribution in [0, 0.1) is 5.95 Å². The number of aromatic nitrogens is 1. The Morgan fingerprint density at radius 1 is 1.44 bits per heavy atom. The zero-order valence-corrected chi connectivity index (χ0v) is 7.17. The Balaban J connectivity index is 0.000000640. The summed E-state index contributed by atoms with van der Waals surface area (Å²) in [6.45, 7) is 0. The van der Waals surface area contributed by atoms with Crippen LogP contribution in [0.1, 0.15) is 0 Å². The zero-order chi connectivity index (χ0) is 5.98. The lowest BCUT2D eigenvalue weighted by atomic mass is 10.5. The third-order valence-electron chi connectivity index (χ3n) is 0.991. The first-order valence-electron chi connectivity index (χ1n) is 2.41. The van der Waals surface area contributed by atoms with E-state index in [4.69, 9.17) is 0 Å². The summed E-state index contributed by atoms with van der Waals surface area (Å²) in [5.74, 6) is -0.215. The molecule has 0 fully saturated rings. The lowest BCUT2D eigenvalue weighted by Gasteiger charge is -1.83. The SMILES string of the molecule is C[n+]1ccccc1F.[I-]. The van der Waals surface area contributed by atoms with Crippen LogP contribution in [-0.2, 0) is 7.05 Å². The molecule has 1 heterocycles. The van der Waals surface area contributed by atoms with Crippen LogP contribution in [0.15, 0.2) is 24.4 Å². The fourth-order valence-electron chi connectivity index (χ4n) is 0.503. The van der Waals surface area contributed by atoms with E-state index in [9.17, 15) is 4.39 Å². The number of rotatable bonds is 0. The summed E-state index contributed by atoms with van der Waals surface area (Å²) in [6, 6.07) is 4.86. The van der Waals surface area contributed by atoms with Crippen LogP contribution in [0.3, 0.4) is 0 Å². The van der Waals surface area contributed by atoms with Crippen molar-refractivity contribution in [3.8, 4) is 0 Å².